The van der Waals surface area contributed by atoms with E-state index in [-0.39, 0.29) is 6.61 Å². The van der Waals surface area contributed by atoms with Crippen LogP contribution >= 0.6 is 11.8 Å². The van der Waals surface area contributed by atoms with Gasteiger partial charge in [0.1, 0.15) is 0 Å². The van der Waals surface area contributed by atoms with Crippen molar-refractivity contribution in [3.63, 3.8) is 0 Å². The van der Waals surface area contributed by atoms with Gasteiger partial charge in [-0.2, -0.15) is 0 Å². The van der Waals surface area contributed by atoms with Crippen LogP contribution in [0, 0.1) is 0 Å². The zero-order valence-electron chi connectivity index (χ0n) is 14.2. The summed E-state index contributed by atoms with van der Waals surface area (Å²) in [6, 6.07) is 12.7. The van der Waals surface area contributed by atoms with E-state index in [2.05, 4.69) is 42.7 Å². The lowest BCUT2D eigenvalue weighted by molar-refractivity contribution is 0.303. The summed E-state index contributed by atoms with van der Waals surface area (Å²) in [5.41, 5.74) is 4.24. The number of pyridine rings is 1. The maximum absolute atomic E-state index is 9.22. The van der Waals surface area contributed by atoms with E-state index in [1.54, 1.807) is 18.9 Å². The second kappa shape index (κ2) is 7.86. The van der Waals surface area contributed by atoms with Gasteiger partial charge in [0.15, 0.2) is 0 Å². The Morgan fingerprint density at radius 3 is 2.58 bits per heavy atom. The van der Waals surface area contributed by atoms with E-state index in [0.717, 1.165) is 22.7 Å². The third-order valence-electron chi connectivity index (χ3n) is 4.25. The number of thioether (sulfide) groups is 1. The number of hydrogen-bond donors (Lipinski definition) is 1. The average molecular weight is 341 g/mol. The molecular weight excluding hydrogens is 318 g/mol. The third-order valence-corrected chi connectivity index (χ3v) is 5.00. The average Bonchev–Trinajstić information content (AvgIpc) is 3.47. The molecule has 3 rings (SSSR count). The van der Waals surface area contributed by atoms with Gasteiger partial charge in [-0.05, 0) is 55.2 Å². The molecule has 1 aromatic heterocycles. The minimum absolute atomic E-state index is 0.129. The van der Waals surface area contributed by atoms with Crippen molar-refractivity contribution in [2.24, 2.45) is 0 Å². The highest BCUT2D eigenvalue weighted by molar-refractivity contribution is 7.98. The molecule has 4 heteroatoms. The van der Waals surface area contributed by atoms with Gasteiger partial charge >= 0.3 is 0 Å². The summed E-state index contributed by atoms with van der Waals surface area (Å²) in [6.45, 7) is 0.129. The molecule has 0 spiro atoms. The second-order valence-corrected chi connectivity index (χ2v) is 6.81. The van der Waals surface area contributed by atoms with E-state index in [1.807, 2.05) is 6.08 Å². The van der Waals surface area contributed by atoms with E-state index >= 15 is 0 Å². The van der Waals surface area contributed by atoms with E-state index in [9.17, 15) is 5.11 Å². The summed E-state index contributed by atoms with van der Waals surface area (Å²) >= 11 is 1.73. The molecule has 0 amide bonds. The predicted octanol–water partition coefficient (Wildman–Crippen LogP) is 4.50. The number of benzene rings is 1. The number of rotatable bonds is 7. The molecule has 0 unspecified atom stereocenters. The lowest BCUT2D eigenvalue weighted by Gasteiger charge is -2.12. The van der Waals surface area contributed by atoms with Crippen molar-refractivity contribution >= 4 is 17.3 Å². The smallest absolute Gasteiger partial charge is 0.217 e. The number of aliphatic hydroxyl groups excluding tert-OH is 1. The van der Waals surface area contributed by atoms with Gasteiger partial charge in [0.25, 0.3) is 0 Å². The standard InChI is InChI=1S/C20H23NO2S/c1-23-20-18(15-5-6-15)11-12-19(21-20)17(4-3-13-22)14-7-9-16(24-2)10-8-14/h4,7-12,15,22H,3,5-6,13H2,1-2H3. The molecule has 1 saturated carbocycles. The Balaban J connectivity index is 1.98. The van der Waals surface area contributed by atoms with Gasteiger partial charge in [0, 0.05) is 22.6 Å². The van der Waals surface area contributed by atoms with Gasteiger partial charge in [-0.15, -0.1) is 11.8 Å². The first-order valence-corrected chi connectivity index (χ1v) is 9.50. The highest BCUT2D eigenvalue weighted by Gasteiger charge is 2.27. The van der Waals surface area contributed by atoms with Crippen molar-refractivity contribution in [1.82, 2.24) is 4.98 Å². The molecule has 0 radical (unpaired) electrons. The molecular formula is C20H23NO2S. The van der Waals surface area contributed by atoms with Gasteiger partial charge in [-0.1, -0.05) is 24.3 Å². The maximum Gasteiger partial charge on any atom is 0.217 e. The van der Waals surface area contributed by atoms with Crippen LogP contribution in [-0.2, 0) is 0 Å². The van der Waals surface area contributed by atoms with Crippen LogP contribution in [0.3, 0.4) is 0 Å². The summed E-state index contributed by atoms with van der Waals surface area (Å²) in [7, 11) is 1.68. The second-order valence-electron chi connectivity index (χ2n) is 5.93. The first-order chi connectivity index (χ1) is 11.8. The number of methoxy groups -OCH3 is 1. The molecule has 1 aliphatic rings. The highest BCUT2D eigenvalue weighted by Crippen LogP contribution is 2.44. The quantitative estimate of drug-likeness (QED) is 0.753. The summed E-state index contributed by atoms with van der Waals surface area (Å²) < 4.78 is 5.52. The highest BCUT2D eigenvalue weighted by atomic mass is 32.2. The fraction of sp³-hybridized carbons (Fsp3) is 0.350. The van der Waals surface area contributed by atoms with Gasteiger partial charge in [0.2, 0.25) is 5.88 Å². The largest absolute Gasteiger partial charge is 0.481 e. The predicted molar refractivity (Wildman–Crippen MR) is 99.8 cm³/mol. The minimum atomic E-state index is 0.129. The Morgan fingerprint density at radius 1 is 1.25 bits per heavy atom. The molecule has 0 bridgehead atoms. The molecule has 0 aliphatic heterocycles. The molecule has 1 aromatic carbocycles. The zero-order chi connectivity index (χ0) is 16.9. The van der Waals surface area contributed by atoms with Crippen LogP contribution in [0.5, 0.6) is 5.88 Å². The maximum atomic E-state index is 9.22. The van der Waals surface area contributed by atoms with Gasteiger partial charge in [-0.3, -0.25) is 0 Å². The fourth-order valence-corrected chi connectivity index (χ4v) is 3.23. The Hall–Kier alpha value is -1.78. The molecule has 0 saturated heterocycles. The molecule has 24 heavy (non-hydrogen) atoms. The van der Waals surface area contributed by atoms with E-state index in [0.29, 0.717) is 12.3 Å². The lowest BCUT2D eigenvalue weighted by Crippen LogP contribution is -1.99. The number of ether oxygens (including phenoxy) is 1. The Bertz CT molecular complexity index is 721. The van der Waals surface area contributed by atoms with Crippen molar-refractivity contribution < 1.29 is 9.84 Å². The van der Waals surface area contributed by atoms with Crippen molar-refractivity contribution in [3.8, 4) is 5.88 Å². The lowest BCUT2D eigenvalue weighted by atomic mass is 10.00. The Kier molecular flexibility index (Phi) is 5.59. The zero-order valence-corrected chi connectivity index (χ0v) is 15.0. The molecule has 2 aromatic rings. The van der Waals surface area contributed by atoms with Crippen LogP contribution in [0.4, 0.5) is 0 Å². The Labute approximate surface area is 147 Å². The van der Waals surface area contributed by atoms with Crippen molar-refractivity contribution in [3.05, 3.63) is 59.3 Å². The molecule has 126 valence electrons. The van der Waals surface area contributed by atoms with Gasteiger partial charge < -0.3 is 9.84 Å². The summed E-state index contributed by atoms with van der Waals surface area (Å²) in [4.78, 5) is 5.98. The summed E-state index contributed by atoms with van der Waals surface area (Å²) in [5.74, 6) is 1.33. The molecule has 1 aliphatic carbocycles. The van der Waals surface area contributed by atoms with Gasteiger partial charge in [0.05, 0.1) is 12.8 Å². The monoisotopic (exact) mass is 341 g/mol. The van der Waals surface area contributed by atoms with Crippen LogP contribution in [0.2, 0.25) is 0 Å². The topological polar surface area (TPSA) is 42.4 Å². The van der Waals surface area contributed by atoms with Gasteiger partial charge in [-0.25, -0.2) is 4.98 Å². The molecule has 3 nitrogen and oxygen atoms in total. The first-order valence-electron chi connectivity index (χ1n) is 8.27. The van der Waals surface area contributed by atoms with Crippen LogP contribution in [0.25, 0.3) is 5.57 Å². The molecule has 1 fully saturated rings. The third kappa shape index (κ3) is 3.82. The van der Waals surface area contributed by atoms with Crippen LogP contribution in [0.15, 0.2) is 47.4 Å². The minimum Gasteiger partial charge on any atom is -0.481 e. The number of aromatic nitrogens is 1. The van der Waals surface area contributed by atoms with E-state index in [1.165, 1.54) is 23.3 Å². The SMILES string of the molecule is COc1nc(C(=CCCO)c2ccc(SC)cc2)ccc1C1CC1. The molecule has 0 atom stereocenters. The number of aliphatic hydroxyl groups is 1. The summed E-state index contributed by atoms with van der Waals surface area (Å²) in [5, 5.41) is 9.22. The van der Waals surface area contributed by atoms with Crippen molar-refractivity contribution in [2.45, 2.75) is 30.1 Å². The van der Waals surface area contributed by atoms with Crippen LogP contribution < -0.4 is 4.74 Å². The Morgan fingerprint density at radius 2 is 2.00 bits per heavy atom. The molecule has 1 heterocycles. The van der Waals surface area contributed by atoms with Crippen LogP contribution in [0.1, 0.15) is 42.0 Å². The summed E-state index contributed by atoms with van der Waals surface area (Å²) in [6.07, 6.45) is 7.17. The number of nitrogens with zero attached hydrogens (tertiary/aromatic N) is 1. The molecule has 1 N–H and O–H groups in total. The van der Waals surface area contributed by atoms with Crippen LogP contribution in [-0.4, -0.2) is 30.1 Å². The first kappa shape index (κ1) is 17.1. The van der Waals surface area contributed by atoms with Crippen molar-refractivity contribution in [2.75, 3.05) is 20.0 Å². The van der Waals surface area contributed by atoms with Crippen molar-refractivity contribution in [1.29, 1.82) is 0 Å². The fourth-order valence-electron chi connectivity index (χ4n) is 2.82. The van der Waals surface area contributed by atoms with E-state index < -0.39 is 0 Å². The normalized spacial score (nSPS) is 14.7. The van der Waals surface area contributed by atoms with E-state index in [4.69, 9.17) is 9.72 Å². The number of hydrogen-bond acceptors (Lipinski definition) is 4.